The number of hydrogen-bond acceptors (Lipinski definition) is 6. The molecule has 4 rings (SSSR count). The van der Waals surface area contributed by atoms with E-state index < -0.39 is 15.9 Å². The van der Waals surface area contributed by atoms with Gasteiger partial charge in [-0.1, -0.05) is 44.4 Å². The minimum Gasteiger partial charge on any atom is -0.399 e. The number of fused-ring (bicyclic) bond motifs is 2. The predicted molar refractivity (Wildman–Crippen MR) is 152 cm³/mol. The van der Waals surface area contributed by atoms with Gasteiger partial charge in [-0.3, -0.25) is 4.79 Å². The monoisotopic (exact) mass is 526 g/mol. The van der Waals surface area contributed by atoms with Crippen molar-refractivity contribution in [2.45, 2.75) is 39.0 Å². The van der Waals surface area contributed by atoms with E-state index in [9.17, 15) is 13.2 Å². The van der Waals surface area contributed by atoms with Crippen LogP contribution in [0.1, 0.15) is 39.0 Å². The van der Waals surface area contributed by atoms with Gasteiger partial charge in [0.05, 0.1) is 28.7 Å². The van der Waals surface area contributed by atoms with Crippen LogP contribution in [0.3, 0.4) is 0 Å². The smallest absolute Gasteiger partial charge is 0.240 e. The van der Waals surface area contributed by atoms with E-state index in [-0.39, 0.29) is 18.8 Å². The van der Waals surface area contributed by atoms with E-state index in [1.165, 1.54) is 0 Å². The zero-order chi connectivity index (χ0) is 25.0. The summed E-state index contributed by atoms with van der Waals surface area (Å²) in [5, 5.41) is 5.33. The van der Waals surface area contributed by atoms with Gasteiger partial charge in [-0.2, -0.15) is 0 Å². The lowest BCUT2D eigenvalue weighted by atomic mass is 10.1. The molecule has 0 unspecified atom stereocenters. The fourth-order valence-electron chi connectivity index (χ4n) is 4.19. The lowest BCUT2D eigenvalue weighted by Crippen LogP contribution is -2.36. The number of nitrogens with zero attached hydrogens (tertiary/aromatic N) is 2. The molecule has 0 bridgehead atoms. The maximum Gasteiger partial charge on any atom is 0.240 e. The first-order valence-electron chi connectivity index (χ1n) is 11.8. The van der Waals surface area contributed by atoms with Crippen molar-refractivity contribution in [1.82, 2.24) is 4.98 Å². The maximum atomic E-state index is 12.8. The van der Waals surface area contributed by atoms with Crippen molar-refractivity contribution >= 4 is 72.9 Å². The van der Waals surface area contributed by atoms with Gasteiger partial charge < -0.3 is 11.1 Å². The molecule has 0 aliphatic rings. The summed E-state index contributed by atoms with van der Waals surface area (Å²) in [6.07, 6.45) is 4.91. The molecule has 190 valence electrons. The van der Waals surface area contributed by atoms with Crippen LogP contribution in [-0.4, -0.2) is 25.6 Å². The number of rotatable bonds is 9. The summed E-state index contributed by atoms with van der Waals surface area (Å²) in [6, 6.07) is 20.3. The first-order valence-corrected chi connectivity index (χ1v) is 13.6. The number of anilines is 4. The van der Waals surface area contributed by atoms with E-state index in [1.807, 2.05) is 42.5 Å². The number of sulfonamides is 1. The average Bonchev–Trinajstić information content (AvgIpc) is 2.82. The maximum absolute atomic E-state index is 12.8. The number of para-hydroxylation sites is 1. The van der Waals surface area contributed by atoms with Crippen LogP contribution in [0.4, 0.5) is 22.7 Å². The number of amides is 1. The quantitative estimate of drug-likeness (QED) is 0.148. The molecule has 1 heterocycles. The standard InChI is InChI=1S/C27H30N4O3S.ClH/c1-3-4-5-6-11-26(32)31(35(2,33)34)21-15-13-20(14-16-21)29-27-22-9-7-8-10-24(22)30-25-18-19(28)12-17-23(25)27;/h7-10,12-18H,3-6,11,28H2,1-2H3,(H,29,30);1H. The lowest BCUT2D eigenvalue weighted by Gasteiger charge is -2.21. The number of nitrogen functional groups attached to an aromatic ring is 1. The third kappa shape index (κ3) is 6.06. The van der Waals surface area contributed by atoms with E-state index >= 15 is 0 Å². The summed E-state index contributed by atoms with van der Waals surface area (Å²) < 4.78 is 25.8. The Morgan fingerprint density at radius 3 is 2.33 bits per heavy atom. The second kappa shape index (κ2) is 11.6. The molecule has 1 amide bonds. The minimum absolute atomic E-state index is 0. The largest absolute Gasteiger partial charge is 0.399 e. The van der Waals surface area contributed by atoms with Crippen LogP contribution in [0.15, 0.2) is 66.7 Å². The summed E-state index contributed by atoms with van der Waals surface area (Å²) in [5.74, 6) is -0.409. The van der Waals surface area contributed by atoms with E-state index in [0.717, 1.165) is 63.0 Å². The van der Waals surface area contributed by atoms with E-state index in [4.69, 9.17) is 10.7 Å². The van der Waals surface area contributed by atoms with Crippen LogP contribution >= 0.6 is 12.4 Å². The van der Waals surface area contributed by atoms with E-state index in [2.05, 4.69) is 12.2 Å². The molecule has 0 fully saturated rings. The molecule has 7 nitrogen and oxygen atoms in total. The molecule has 4 aromatic rings. The number of nitrogens with two attached hydrogens (primary N) is 1. The molecule has 3 N–H and O–H groups in total. The Morgan fingerprint density at radius 1 is 0.944 bits per heavy atom. The zero-order valence-corrected chi connectivity index (χ0v) is 22.0. The van der Waals surface area contributed by atoms with Crippen molar-refractivity contribution < 1.29 is 13.2 Å². The van der Waals surface area contributed by atoms with E-state index in [0.29, 0.717) is 17.8 Å². The SMILES string of the molecule is CCCCCCC(=O)N(c1ccc(Nc2c3ccccc3nc3cc(N)ccc23)cc1)S(C)(=O)=O.Cl. The predicted octanol–water partition coefficient (Wildman–Crippen LogP) is 6.40. The number of halogens is 1. The first-order chi connectivity index (χ1) is 16.8. The highest BCUT2D eigenvalue weighted by Crippen LogP contribution is 2.34. The Bertz CT molecular complexity index is 1470. The molecular weight excluding hydrogens is 496 g/mol. The fraction of sp³-hybridized carbons (Fsp3) is 0.259. The first kappa shape index (κ1) is 27.2. The normalized spacial score (nSPS) is 11.3. The van der Waals surface area contributed by atoms with Crippen molar-refractivity contribution in [3.05, 3.63) is 66.7 Å². The molecule has 1 aromatic heterocycles. The second-order valence-corrected chi connectivity index (χ2v) is 10.5. The molecule has 36 heavy (non-hydrogen) atoms. The highest BCUT2D eigenvalue weighted by molar-refractivity contribution is 7.92. The van der Waals surface area contributed by atoms with Gasteiger partial charge >= 0.3 is 0 Å². The Kier molecular flexibility index (Phi) is 8.76. The van der Waals surface area contributed by atoms with Gasteiger partial charge in [-0.25, -0.2) is 17.7 Å². The zero-order valence-electron chi connectivity index (χ0n) is 20.4. The van der Waals surface area contributed by atoms with Gasteiger partial charge in [-0.15, -0.1) is 12.4 Å². The number of hydrogen-bond donors (Lipinski definition) is 2. The second-order valence-electron chi connectivity index (χ2n) is 8.68. The molecule has 9 heteroatoms. The van der Waals surface area contributed by atoms with Gasteiger partial charge in [0.1, 0.15) is 0 Å². The molecule has 0 atom stereocenters. The molecule has 0 saturated heterocycles. The highest BCUT2D eigenvalue weighted by Gasteiger charge is 2.24. The van der Waals surface area contributed by atoms with Crippen molar-refractivity contribution in [1.29, 1.82) is 0 Å². The van der Waals surface area contributed by atoms with Crippen LogP contribution in [0, 0.1) is 0 Å². The van der Waals surface area contributed by atoms with Gasteiger partial charge in [0.15, 0.2) is 0 Å². The van der Waals surface area contributed by atoms with Gasteiger partial charge in [0, 0.05) is 28.6 Å². The van der Waals surface area contributed by atoms with Crippen LogP contribution in [-0.2, 0) is 14.8 Å². The topological polar surface area (TPSA) is 105 Å². The van der Waals surface area contributed by atoms with Crippen molar-refractivity contribution in [3.8, 4) is 0 Å². The molecule has 0 spiro atoms. The Morgan fingerprint density at radius 2 is 1.64 bits per heavy atom. The van der Waals surface area contributed by atoms with Crippen LogP contribution in [0.2, 0.25) is 0 Å². The summed E-state index contributed by atoms with van der Waals surface area (Å²) in [5.41, 5.74) is 10.2. The number of aromatic nitrogens is 1. The van der Waals surface area contributed by atoms with E-state index in [1.54, 1.807) is 24.3 Å². The minimum atomic E-state index is -3.75. The molecule has 0 saturated carbocycles. The van der Waals surface area contributed by atoms with Crippen molar-refractivity contribution in [3.63, 3.8) is 0 Å². The number of carbonyl (C=O) groups is 1. The lowest BCUT2D eigenvalue weighted by molar-refractivity contribution is -0.117. The number of carbonyl (C=O) groups excluding carboxylic acids is 1. The highest BCUT2D eigenvalue weighted by atomic mass is 35.5. The number of nitrogens with one attached hydrogen (secondary N) is 1. The number of pyridine rings is 1. The van der Waals surface area contributed by atoms with Crippen molar-refractivity contribution in [2.75, 3.05) is 21.6 Å². The van der Waals surface area contributed by atoms with Crippen LogP contribution in [0.5, 0.6) is 0 Å². The van der Waals surface area contributed by atoms with Gasteiger partial charge in [0.25, 0.3) is 0 Å². The summed E-state index contributed by atoms with van der Waals surface area (Å²) >= 11 is 0. The van der Waals surface area contributed by atoms with Crippen LogP contribution in [0.25, 0.3) is 21.8 Å². The van der Waals surface area contributed by atoms with Crippen LogP contribution < -0.4 is 15.4 Å². The molecule has 3 aromatic carbocycles. The molecular formula is C27H31ClN4O3S. The van der Waals surface area contributed by atoms with Gasteiger partial charge in [0.2, 0.25) is 15.9 Å². The Balaban J connectivity index is 0.00000361. The summed E-state index contributed by atoms with van der Waals surface area (Å²) in [6.45, 7) is 2.09. The van der Waals surface area contributed by atoms with Crippen molar-refractivity contribution in [2.24, 2.45) is 0 Å². The summed E-state index contributed by atoms with van der Waals surface area (Å²) in [4.78, 5) is 17.5. The molecule has 0 aliphatic heterocycles. The Labute approximate surface area is 218 Å². The summed E-state index contributed by atoms with van der Waals surface area (Å²) in [7, 11) is -3.75. The molecule has 0 radical (unpaired) electrons. The fourth-order valence-corrected chi connectivity index (χ4v) is 5.16. The average molecular weight is 527 g/mol. The number of benzene rings is 3. The third-order valence-corrected chi connectivity index (χ3v) is 6.96. The number of unbranched alkanes of at least 4 members (excludes halogenated alkanes) is 3. The Hall–Kier alpha value is -3.36. The van der Waals surface area contributed by atoms with Gasteiger partial charge in [-0.05, 0) is 55.0 Å². The molecule has 0 aliphatic carbocycles. The third-order valence-electron chi connectivity index (χ3n) is 5.88.